The summed E-state index contributed by atoms with van der Waals surface area (Å²) in [6, 6.07) is 0.403. The van der Waals surface area contributed by atoms with Crippen LogP contribution in [0.5, 0.6) is 0 Å². The zero-order valence-electron chi connectivity index (χ0n) is 14.4. The lowest BCUT2D eigenvalue weighted by Crippen LogP contribution is -2.52. The Hall–Kier alpha value is -0.690. The molecule has 6 heteroatoms. The number of rotatable bonds is 5. The third-order valence-electron chi connectivity index (χ3n) is 5.39. The van der Waals surface area contributed by atoms with Gasteiger partial charge < -0.3 is 19.3 Å². The molecule has 1 amide bonds. The number of morpholine rings is 1. The fourth-order valence-electron chi connectivity index (χ4n) is 3.81. The predicted octanol–water partition coefficient (Wildman–Crippen LogP) is 0.278. The summed E-state index contributed by atoms with van der Waals surface area (Å²) in [6.07, 6.45) is 3.28. The van der Waals surface area contributed by atoms with Crippen molar-refractivity contribution in [1.82, 2.24) is 14.7 Å². The first kappa shape index (κ1) is 17.1. The lowest BCUT2D eigenvalue weighted by atomic mass is 10.0. The van der Waals surface area contributed by atoms with Gasteiger partial charge in [-0.15, -0.1) is 0 Å². The standard InChI is InChI=1S/C17H31N3O3/c1-18-5-2-16(3-6-18)20(12-15-4-9-23-14-15)17(21)13-19-7-10-22-11-8-19/h15-16H,2-14H2,1H3. The summed E-state index contributed by atoms with van der Waals surface area (Å²) in [6.45, 7) is 8.51. The largest absolute Gasteiger partial charge is 0.381 e. The van der Waals surface area contributed by atoms with Crippen LogP contribution in [0.3, 0.4) is 0 Å². The number of likely N-dealkylation sites (tertiary alicyclic amines) is 1. The summed E-state index contributed by atoms with van der Waals surface area (Å²) in [5, 5.41) is 0. The van der Waals surface area contributed by atoms with Gasteiger partial charge in [-0.05, 0) is 39.4 Å². The Balaban J connectivity index is 1.59. The highest BCUT2D eigenvalue weighted by Crippen LogP contribution is 2.21. The molecule has 6 nitrogen and oxygen atoms in total. The van der Waals surface area contributed by atoms with E-state index in [0.717, 1.165) is 78.4 Å². The topological polar surface area (TPSA) is 45.2 Å². The van der Waals surface area contributed by atoms with Crippen molar-refractivity contribution in [3.63, 3.8) is 0 Å². The average molecular weight is 325 g/mol. The predicted molar refractivity (Wildman–Crippen MR) is 88.4 cm³/mol. The third-order valence-corrected chi connectivity index (χ3v) is 5.39. The highest BCUT2D eigenvalue weighted by atomic mass is 16.5. The Morgan fingerprint density at radius 3 is 2.43 bits per heavy atom. The van der Waals surface area contributed by atoms with Gasteiger partial charge >= 0.3 is 0 Å². The molecule has 3 saturated heterocycles. The Morgan fingerprint density at radius 1 is 1.04 bits per heavy atom. The first-order valence-electron chi connectivity index (χ1n) is 9.08. The van der Waals surface area contributed by atoms with Crippen LogP contribution < -0.4 is 0 Å². The maximum atomic E-state index is 13.0. The molecule has 0 radical (unpaired) electrons. The Labute approximate surface area is 139 Å². The van der Waals surface area contributed by atoms with Crippen LogP contribution >= 0.6 is 0 Å². The molecule has 3 fully saturated rings. The van der Waals surface area contributed by atoms with Gasteiger partial charge in [-0.2, -0.15) is 0 Å². The molecular weight excluding hydrogens is 294 g/mol. The maximum absolute atomic E-state index is 13.0. The lowest BCUT2D eigenvalue weighted by molar-refractivity contribution is -0.137. The molecule has 0 saturated carbocycles. The fraction of sp³-hybridized carbons (Fsp3) is 0.941. The van der Waals surface area contributed by atoms with Gasteiger partial charge in [0.05, 0.1) is 26.4 Å². The molecule has 3 aliphatic heterocycles. The number of hydrogen-bond donors (Lipinski definition) is 0. The van der Waals surface area contributed by atoms with Crippen molar-refractivity contribution in [3.05, 3.63) is 0 Å². The second-order valence-electron chi connectivity index (χ2n) is 7.20. The monoisotopic (exact) mass is 325 g/mol. The van der Waals surface area contributed by atoms with Gasteiger partial charge in [-0.1, -0.05) is 0 Å². The maximum Gasteiger partial charge on any atom is 0.237 e. The lowest BCUT2D eigenvalue weighted by Gasteiger charge is -2.39. The van der Waals surface area contributed by atoms with Crippen LogP contribution in [0.4, 0.5) is 0 Å². The van der Waals surface area contributed by atoms with Gasteiger partial charge in [-0.3, -0.25) is 9.69 Å². The summed E-state index contributed by atoms with van der Waals surface area (Å²) >= 11 is 0. The van der Waals surface area contributed by atoms with Crippen LogP contribution in [0, 0.1) is 5.92 Å². The van der Waals surface area contributed by atoms with E-state index in [4.69, 9.17) is 9.47 Å². The van der Waals surface area contributed by atoms with Gasteiger partial charge in [0.2, 0.25) is 5.91 Å². The minimum Gasteiger partial charge on any atom is -0.381 e. The number of ether oxygens (including phenoxy) is 2. The van der Waals surface area contributed by atoms with E-state index in [0.29, 0.717) is 24.4 Å². The van der Waals surface area contributed by atoms with E-state index in [1.807, 2.05) is 0 Å². The number of carbonyl (C=O) groups is 1. The van der Waals surface area contributed by atoms with Gasteiger partial charge in [0.25, 0.3) is 0 Å². The molecule has 3 heterocycles. The SMILES string of the molecule is CN1CCC(N(CC2CCOC2)C(=O)CN2CCOCC2)CC1. The zero-order chi connectivity index (χ0) is 16.1. The summed E-state index contributed by atoms with van der Waals surface area (Å²) in [5.41, 5.74) is 0. The number of amides is 1. The van der Waals surface area contributed by atoms with E-state index < -0.39 is 0 Å². The summed E-state index contributed by atoms with van der Waals surface area (Å²) in [5.74, 6) is 0.816. The van der Waals surface area contributed by atoms with Crippen molar-refractivity contribution in [2.24, 2.45) is 5.92 Å². The van der Waals surface area contributed by atoms with Crippen LogP contribution in [0.15, 0.2) is 0 Å². The van der Waals surface area contributed by atoms with Gasteiger partial charge in [0, 0.05) is 38.2 Å². The van der Waals surface area contributed by atoms with Gasteiger partial charge in [-0.25, -0.2) is 0 Å². The molecule has 1 unspecified atom stereocenters. The highest BCUT2D eigenvalue weighted by Gasteiger charge is 2.31. The summed E-state index contributed by atoms with van der Waals surface area (Å²) in [7, 11) is 2.17. The minimum atomic E-state index is 0.299. The van der Waals surface area contributed by atoms with Crippen molar-refractivity contribution in [2.45, 2.75) is 25.3 Å². The molecule has 3 rings (SSSR count). The zero-order valence-corrected chi connectivity index (χ0v) is 14.4. The normalized spacial score (nSPS) is 28.1. The van der Waals surface area contributed by atoms with E-state index in [2.05, 4.69) is 21.7 Å². The van der Waals surface area contributed by atoms with E-state index in [1.54, 1.807) is 0 Å². The van der Waals surface area contributed by atoms with E-state index >= 15 is 0 Å². The molecule has 0 N–H and O–H groups in total. The van der Waals surface area contributed by atoms with Crippen LogP contribution in [-0.4, -0.2) is 99.4 Å². The van der Waals surface area contributed by atoms with Crippen LogP contribution in [0.2, 0.25) is 0 Å². The number of piperidine rings is 1. The van der Waals surface area contributed by atoms with Gasteiger partial charge in [0.1, 0.15) is 0 Å². The van der Waals surface area contributed by atoms with Crippen molar-refractivity contribution in [2.75, 3.05) is 72.7 Å². The van der Waals surface area contributed by atoms with E-state index in [9.17, 15) is 4.79 Å². The molecule has 132 valence electrons. The average Bonchev–Trinajstić information content (AvgIpc) is 3.08. The van der Waals surface area contributed by atoms with Crippen molar-refractivity contribution in [1.29, 1.82) is 0 Å². The molecular formula is C17H31N3O3. The van der Waals surface area contributed by atoms with Gasteiger partial charge in [0.15, 0.2) is 0 Å². The molecule has 23 heavy (non-hydrogen) atoms. The fourth-order valence-corrected chi connectivity index (χ4v) is 3.81. The van der Waals surface area contributed by atoms with Crippen molar-refractivity contribution >= 4 is 5.91 Å². The minimum absolute atomic E-state index is 0.299. The highest BCUT2D eigenvalue weighted by molar-refractivity contribution is 5.78. The number of hydrogen-bond acceptors (Lipinski definition) is 5. The second kappa shape index (κ2) is 8.42. The molecule has 3 aliphatic rings. The Kier molecular flexibility index (Phi) is 6.28. The molecule has 0 aliphatic carbocycles. The second-order valence-corrected chi connectivity index (χ2v) is 7.20. The molecule has 0 spiro atoms. The van der Waals surface area contributed by atoms with Crippen molar-refractivity contribution in [3.8, 4) is 0 Å². The smallest absolute Gasteiger partial charge is 0.237 e. The number of nitrogens with zero attached hydrogens (tertiary/aromatic N) is 3. The molecule has 1 atom stereocenters. The molecule has 0 aromatic heterocycles. The Bertz CT molecular complexity index is 373. The third kappa shape index (κ3) is 4.89. The Morgan fingerprint density at radius 2 is 1.78 bits per heavy atom. The quantitative estimate of drug-likeness (QED) is 0.726. The first-order chi connectivity index (χ1) is 11.2. The van der Waals surface area contributed by atoms with Crippen LogP contribution in [0.1, 0.15) is 19.3 Å². The summed E-state index contributed by atoms with van der Waals surface area (Å²) < 4.78 is 10.9. The van der Waals surface area contributed by atoms with Crippen molar-refractivity contribution < 1.29 is 14.3 Å². The van der Waals surface area contributed by atoms with E-state index in [-0.39, 0.29) is 0 Å². The molecule has 0 aromatic rings. The van der Waals surface area contributed by atoms with Crippen LogP contribution in [0.25, 0.3) is 0 Å². The molecule has 0 bridgehead atoms. The summed E-state index contributed by atoms with van der Waals surface area (Å²) in [4.78, 5) is 19.7. The molecule has 0 aromatic carbocycles. The first-order valence-corrected chi connectivity index (χ1v) is 9.08. The van der Waals surface area contributed by atoms with E-state index in [1.165, 1.54) is 0 Å². The van der Waals surface area contributed by atoms with Crippen LogP contribution in [-0.2, 0) is 14.3 Å². The number of carbonyl (C=O) groups excluding carboxylic acids is 1.